The molecule has 9 heteroatoms. The van der Waals surface area contributed by atoms with E-state index in [9.17, 15) is 4.79 Å². The molecule has 0 aliphatic carbocycles. The Labute approximate surface area is 171 Å². The second-order valence-corrected chi connectivity index (χ2v) is 8.96. The SMILES string of the molecule is CCCCN(c1nc(Cl)nc(Cl)n1)C1CC(C)(C)N(OC(C)=O)C(C)(C)C1. The molecule has 1 aromatic rings. The Morgan fingerprint density at radius 3 is 2.11 bits per heavy atom. The summed E-state index contributed by atoms with van der Waals surface area (Å²) in [6.45, 7) is 12.7. The summed E-state index contributed by atoms with van der Waals surface area (Å²) in [7, 11) is 0. The van der Waals surface area contributed by atoms with Gasteiger partial charge in [-0.05, 0) is 70.2 Å². The Bertz CT molecular complexity index is 645. The first-order valence-corrected chi connectivity index (χ1v) is 10.0. The second kappa shape index (κ2) is 8.45. The molecule has 0 spiro atoms. The van der Waals surface area contributed by atoms with E-state index in [2.05, 4.69) is 54.5 Å². The smallest absolute Gasteiger partial charge is 0.322 e. The molecule has 7 nitrogen and oxygen atoms in total. The lowest BCUT2D eigenvalue weighted by molar-refractivity contribution is -0.266. The van der Waals surface area contributed by atoms with E-state index in [-0.39, 0.29) is 33.7 Å². The molecule has 2 heterocycles. The summed E-state index contributed by atoms with van der Waals surface area (Å²) in [5, 5.41) is 1.99. The topological polar surface area (TPSA) is 71.5 Å². The van der Waals surface area contributed by atoms with Gasteiger partial charge in [0.25, 0.3) is 0 Å². The number of aromatic nitrogens is 3. The standard InChI is InChI=1S/C18H29Cl2N5O2/c1-7-8-9-24(16-22-14(19)21-15(20)23-16)13-10-17(3,4)25(27-12(2)26)18(5,6)11-13/h13H,7-11H2,1-6H3. The highest BCUT2D eigenvalue weighted by Crippen LogP contribution is 2.41. The van der Waals surface area contributed by atoms with Gasteiger partial charge in [-0.3, -0.25) is 4.79 Å². The summed E-state index contributed by atoms with van der Waals surface area (Å²) >= 11 is 12.0. The lowest BCUT2D eigenvalue weighted by Crippen LogP contribution is -2.64. The fraction of sp³-hybridized carbons (Fsp3) is 0.778. The Hall–Kier alpha value is -1.18. The number of nitrogens with zero attached hydrogens (tertiary/aromatic N) is 5. The molecule has 0 unspecified atom stereocenters. The number of carbonyl (C=O) groups excluding carboxylic acids is 1. The highest BCUT2D eigenvalue weighted by molar-refractivity contribution is 6.31. The number of hydrogen-bond donors (Lipinski definition) is 0. The summed E-state index contributed by atoms with van der Waals surface area (Å²) in [6, 6.07) is 0.142. The number of hydrogen-bond acceptors (Lipinski definition) is 7. The van der Waals surface area contributed by atoms with Crippen molar-refractivity contribution in [1.82, 2.24) is 20.0 Å². The van der Waals surface area contributed by atoms with Gasteiger partial charge in [0.15, 0.2) is 0 Å². The largest absolute Gasteiger partial charge is 0.367 e. The molecule has 1 fully saturated rings. The van der Waals surface area contributed by atoms with Gasteiger partial charge in [0.1, 0.15) is 0 Å². The van der Waals surface area contributed by atoms with Crippen LogP contribution in [0.25, 0.3) is 0 Å². The van der Waals surface area contributed by atoms with Crippen molar-refractivity contribution < 1.29 is 9.63 Å². The van der Waals surface area contributed by atoms with E-state index in [0.29, 0.717) is 5.95 Å². The van der Waals surface area contributed by atoms with Crippen LogP contribution in [0.5, 0.6) is 0 Å². The molecule has 2 rings (SSSR count). The van der Waals surface area contributed by atoms with Crippen molar-refractivity contribution in [2.24, 2.45) is 0 Å². The minimum absolute atomic E-state index is 0.0855. The second-order valence-electron chi connectivity index (χ2n) is 8.28. The van der Waals surface area contributed by atoms with E-state index in [0.717, 1.165) is 32.2 Å². The number of anilines is 1. The maximum atomic E-state index is 11.6. The van der Waals surface area contributed by atoms with Gasteiger partial charge in [-0.1, -0.05) is 13.3 Å². The van der Waals surface area contributed by atoms with Crippen LogP contribution in [0, 0.1) is 0 Å². The lowest BCUT2D eigenvalue weighted by atomic mass is 9.78. The summed E-state index contributed by atoms with van der Waals surface area (Å²) in [6.07, 6.45) is 3.58. The molecule has 1 aromatic heterocycles. The number of halogens is 2. The van der Waals surface area contributed by atoms with Crippen LogP contribution in [0.15, 0.2) is 0 Å². The van der Waals surface area contributed by atoms with Gasteiger partial charge in [-0.25, -0.2) is 0 Å². The highest BCUT2D eigenvalue weighted by Gasteiger charge is 2.49. The van der Waals surface area contributed by atoms with Crippen LogP contribution in [-0.2, 0) is 9.63 Å². The Balaban J connectivity index is 2.37. The fourth-order valence-corrected chi connectivity index (χ4v) is 4.38. The molecule has 1 aliphatic rings. The highest BCUT2D eigenvalue weighted by atomic mass is 35.5. The molecule has 1 aliphatic heterocycles. The Morgan fingerprint density at radius 2 is 1.67 bits per heavy atom. The molecule has 27 heavy (non-hydrogen) atoms. The zero-order valence-electron chi connectivity index (χ0n) is 16.9. The quantitative estimate of drug-likeness (QED) is 0.683. The third kappa shape index (κ3) is 5.42. The molecule has 0 radical (unpaired) electrons. The van der Waals surface area contributed by atoms with E-state index in [1.54, 1.807) is 0 Å². The fourth-order valence-electron chi connectivity index (χ4n) is 4.03. The van der Waals surface area contributed by atoms with Crippen molar-refractivity contribution >= 4 is 35.1 Å². The molecule has 0 atom stereocenters. The number of piperidine rings is 1. The van der Waals surface area contributed by atoms with E-state index >= 15 is 0 Å². The minimum Gasteiger partial charge on any atom is -0.367 e. The molecule has 0 aromatic carbocycles. The van der Waals surface area contributed by atoms with Crippen LogP contribution in [-0.4, -0.2) is 49.6 Å². The molecule has 0 amide bonds. The van der Waals surface area contributed by atoms with Gasteiger partial charge in [0, 0.05) is 19.5 Å². The van der Waals surface area contributed by atoms with Crippen LogP contribution in [0.3, 0.4) is 0 Å². The van der Waals surface area contributed by atoms with Crippen molar-refractivity contribution in [1.29, 1.82) is 0 Å². The Kier molecular flexibility index (Phi) is 6.92. The van der Waals surface area contributed by atoms with E-state index in [4.69, 9.17) is 28.0 Å². The maximum absolute atomic E-state index is 11.6. The van der Waals surface area contributed by atoms with Crippen LogP contribution < -0.4 is 4.90 Å². The maximum Gasteiger partial charge on any atom is 0.322 e. The minimum atomic E-state index is -0.358. The normalized spacial score (nSPS) is 19.7. The first-order chi connectivity index (χ1) is 12.5. The predicted octanol–water partition coefficient (Wildman–Crippen LogP) is 4.28. The monoisotopic (exact) mass is 417 g/mol. The summed E-state index contributed by atoms with van der Waals surface area (Å²) in [5.41, 5.74) is -0.716. The van der Waals surface area contributed by atoms with Gasteiger partial charge >= 0.3 is 5.97 Å². The van der Waals surface area contributed by atoms with Crippen molar-refractivity contribution in [3.63, 3.8) is 0 Å². The molecule has 0 bridgehead atoms. The zero-order chi connectivity index (χ0) is 20.4. The average molecular weight is 418 g/mol. The van der Waals surface area contributed by atoms with E-state index < -0.39 is 0 Å². The van der Waals surface area contributed by atoms with Crippen LogP contribution in [0.2, 0.25) is 10.6 Å². The predicted molar refractivity (Wildman–Crippen MR) is 107 cm³/mol. The van der Waals surface area contributed by atoms with Gasteiger partial charge in [0.05, 0.1) is 11.1 Å². The van der Waals surface area contributed by atoms with Crippen LogP contribution in [0.4, 0.5) is 5.95 Å². The van der Waals surface area contributed by atoms with Gasteiger partial charge < -0.3 is 9.74 Å². The lowest BCUT2D eigenvalue weighted by Gasteiger charge is -2.54. The Morgan fingerprint density at radius 1 is 1.15 bits per heavy atom. The molecule has 1 saturated heterocycles. The van der Waals surface area contributed by atoms with E-state index in [1.165, 1.54) is 6.92 Å². The van der Waals surface area contributed by atoms with Crippen molar-refractivity contribution in [3.05, 3.63) is 10.6 Å². The third-order valence-electron chi connectivity index (χ3n) is 4.81. The third-order valence-corrected chi connectivity index (χ3v) is 5.15. The summed E-state index contributed by atoms with van der Waals surface area (Å²) < 4.78 is 0. The van der Waals surface area contributed by atoms with Crippen LogP contribution in [0.1, 0.15) is 67.2 Å². The molecule has 152 valence electrons. The average Bonchev–Trinajstić information content (AvgIpc) is 2.49. The molecule has 0 N–H and O–H groups in total. The molecular weight excluding hydrogens is 389 g/mol. The summed E-state index contributed by atoms with van der Waals surface area (Å²) in [4.78, 5) is 31.8. The van der Waals surface area contributed by atoms with Crippen molar-refractivity contribution in [3.8, 4) is 0 Å². The van der Waals surface area contributed by atoms with Gasteiger partial charge in [0.2, 0.25) is 16.5 Å². The first kappa shape index (κ1) is 22.1. The van der Waals surface area contributed by atoms with E-state index in [1.807, 2.05) is 5.06 Å². The zero-order valence-corrected chi connectivity index (χ0v) is 18.4. The molecule has 0 saturated carbocycles. The van der Waals surface area contributed by atoms with Crippen molar-refractivity contribution in [2.75, 3.05) is 11.4 Å². The number of rotatable bonds is 6. The number of carbonyl (C=O) groups is 1. The van der Waals surface area contributed by atoms with Crippen LogP contribution >= 0.6 is 23.2 Å². The summed E-state index contributed by atoms with van der Waals surface area (Å²) in [5.74, 6) is 0.180. The molecular formula is C18H29Cl2N5O2. The first-order valence-electron chi connectivity index (χ1n) is 9.29. The number of unbranched alkanes of at least 4 members (excludes halogenated alkanes) is 1. The van der Waals surface area contributed by atoms with Gasteiger partial charge in [-0.2, -0.15) is 15.0 Å². The van der Waals surface area contributed by atoms with Gasteiger partial charge in [-0.15, -0.1) is 5.06 Å². The van der Waals surface area contributed by atoms with Crippen molar-refractivity contribution in [2.45, 2.75) is 84.3 Å². The number of hydroxylamine groups is 2.